The van der Waals surface area contributed by atoms with E-state index >= 15 is 0 Å². The van der Waals surface area contributed by atoms with Gasteiger partial charge in [0.05, 0.1) is 0 Å². The molecule has 118 valence electrons. The molecule has 20 heavy (non-hydrogen) atoms. The van der Waals surface area contributed by atoms with Crippen LogP contribution in [0.5, 0.6) is 0 Å². The van der Waals surface area contributed by atoms with Crippen LogP contribution in [-0.2, 0) is 4.79 Å². The Morgan fingerprint density at radius 2 is 1.85 bits per heavy atom. The standard InChI is InChI=1S/C17H34N2O/c1-6-14(7-2)19(11-12(3)4)17(20)15-9-8-10-16(18)13(15)5/h12-16H,6-11,18H2,1-5H3. The molecule has 1 fully saturated rings. The van der Waals surface area contributed by atoms with E-state index in [0.29, 0.717) is 23.8 Å². The first-order chi connectivity index (χ1) is 9.42. The van der Waals surface area contributed by atoms with E-state index in [1.54, 1.807) is 0 Å². The van der Waals surface area contributed by atoms with Crippen molar-refractivity contribution in [3.63, 3.8) is 0 Å². The summed E-state index contributed by atoms with van der Waals surface area (Å²) in [4.78, 5) is 15.2. The lowest BCUT2D eigenvalue weighted by molar-refractivity contribution is -0.142. The third-order valence-electron chi connectivity index (χ3n) is 4.91. The Balaban J connectivity index is 2.85. The number of hydrogen-bond donors (Lipinski definition) is 1. The van der Waals surface area contributed by atoms with Crippen LogP contribution in [-0.4, -0.2) is 29.4 Å². The zero-order chi connectivity index (χ0) is 15.3. The van der Waals surface area contributed by atoms with E-state index in [-0.39, 0.29) is 12.0 Å². The fraction of sp³-hybridized carbons (Fsp3) is 0.941. The zero-order valence-electron chi connectivity index (χ0n) is 14.1. The summed E-state index contributed by atoms with van der Waals surface area (Å²) in [5.41, 5.74) is 6.18. The van der Waals surface area contributed by atoms with Crippen molar-refractivity contribution in [1.82, 2.24) is 4.90 Å². The number of amides is 1. The van der Waals surface area contributed by atoms with Crippen LogP contribution in [0.1, 0.15) is 66.7 Å². The average molecular weight is 282 g/mol. The van der Waals surface area contributed by atoms with E-state index < -0.39 is 0 Å². The van der Waals surface area contributed by atoms with Gasteiger partial charge in [-0.05, 0) is 37.5 Å². The van der Waals surface area contributed by atoms with Gasteiger partial charge < -0.3 is 10.6 Å². The minimum atomic E-state index is 0.137. The lowest BCUT2D eigenvalue weighted by Gasteiger charge is -2.40. The van der Waals surface area contributed by atoms with Crippen molar-refractivity contribution in [3.05, 3.63) is 0 Å². The largest absolute Gasteiger partial charge is 0.339 e. The van der Waals surface area contributed by atoms with Gasteiger partial charge in [0.2, 0.25) is 5.91 Å². The van der Waals surface area contributed by atoms with Crippen molar-refractivity contribution in [2.24, 2.45) is 23.5 Å². The Kier molecular flexibility index (Phi) is 7.01. The lowest BCUT2D eigenvalue weighted by Crippen LogP contribution is -2.50. The highest BCUT2D eigenvalue weighted by molar-refractivity contribution is 5.79. The molecular weight excluding hydrogens is 248 g/mol. The molecule has 1 amide bonds. The van der Waals surface area contributed by atoms with Gasteiger partial charge >= 0.3 is 0 Å². The molecule has 1 rings (SSSR count). The molecular formula is C17H34N2O. The number of carbonyl (C=O) groups excluding carboxylic acids is 1. The quantitative estimate of drug-likeness (QED) is 0.811. The van der Waals surface area contributed by atoms with Crippen molar-refractivity contribution >= 4 is 5.91 Å². The molecule has 0 aromatic heterocycles. The van der Waals surface area contributed by atoms with Crippen LogP contribution in [0.4, 0.5) is 0 Å². The molecule has 3 nitrogen and oxygen atoms in total. The minimum Gasteiger partial charge on any atom is -0.339 e. The highest BCUT2D eigenvalue weighted by Gasteiger charge is 2.36. The van der Waals surface area contributed by atoms with E-state index in [9.17, 15) is 4.79 Å². The summed E-state index contributed by atoms with van der Waals surface area (Å²) in [5.74, 6) is 1.33. The van der Waals surface area contributed by atoms with Gasteiger partial charge in [-0.15, -0.1) is 0 Å². The maximum absolute atomic E-state index is 13.0. The molecule has 3 heteroatoms. The lowest BCUT2D eigenvalue weighted by atomic mass is 9.76. The molecule has 1 aliphatic carbocycles. The first-order valence-electron chi connectivity index (χ1n) is 8.48. The third-order valence-corrected chi connectivity index (χ3v) is 4.91. The van der Waals surface area contributed by atoms with Crippen molar-refractivity contribution in [1.29, 1.82) is 0 Å². The summed E-state index contributed by atoms with van der Waals surface area (Å²) in [5, 5.41) is 0. The second kappa shape index (κ2) is 8.02. The van der Waals surface area contributed by atoms with Gasteiger partial charge in [0.25, 0.3) is 0 Å². The fourth-order valence-corrected chi connectivity index (χ4v) is 3.50. The number of carbonyl (C=O) groups is 1. The van der Waals surface area contributed by atoms with Crippen LogP contribution in [0.25, 0.3) is 0 Å². The molecule has 2 N–H and O–H groups in total. The molecule has 0 spiro atoms. The van der Waals surface area contributed by atoms with Gasteiger partial charge in [-0.1, -0.05) is 41.0 Å². The van der Waals surface area contributed by atoms with Crippen LogP contribution in [0.3, 0.4) is 0 Å². The topological polar surface area (TPSA) is 46.3 Å². The molecule has 3 unspecified atom stereocenters. The third kappa shape index (κ3) is 4.21. The Hall–Kier alpha value is -0.570. The molecule has 0 heterocycles. The van der Waals surface area contributed by atoms with E-state index in [1.165, 1.54) is 0 Å². The molecule has 0 aliphatic heterocycles. The summed E-state index contributed by atoms with van der Waals surface area (Å²) in [6.07, 6.45) is 5.27. The molecule has 0 aromatic carbocycles. The molecule has 1 saturated carbocycles. The van der Waals surface area contributed by atoms with E-state index in [4.69, 9.17) is 5.73 Å². The van der Waals surface area contributed by atoms with Crippen LogP contribution in [0.2, 0.25) is 0 Å². The maximum Gasteiger partial charge on any atom is 0.226 e. The Bertz CT molecular complexity index is 299. The summed E-state index contributed by atoms with van der Waals surface area (Å²) in [6, 6.07) is 0.579. The van der Waals surface area contributed by atoms with Crippen molar-refractivity contribution in [3.8, 4) is 0 Å². The van der Waals surface area contributed by atoms with Crippen molar-refractivity contribution in [2.75, 3.05) is 6.54 Å². The minimum absolute atomic E-state index is 0.137. The average Bonchev–Trinajstić information content (AvgIpc) is 2.41. The van der Waals surface area contributed by atoms with Gasteiger partial charge in [-0.25, -0.2) is 0 Å². The molecule has 0 aromatic rings. The molecule has 3 atom stereocenters. The van der Waals surface area contributed by atoms with Gasteiger partial charge in [0, 0.05) is 24.5 Å². The Labute approximate surface area is 125 Å². The summed E-state index contributed by atoms with van der Waals surface area (Å²) < 4.78 is 0. The smallest absolute Gasteiger partial charge is 0.226 e. The SMILES string of the molecule is CCC(CC)N(CC(C)C)C(=O)C1CCCC(N)C1C. The Morgan fingerprint density at radius 3 is 2.35 bits per heavy atom. The summed E-state index contributed by atoms with van der Waals surface area (Å²) >= 11 is 0. The summed E-state index contributed by atoms with van der Waals surface area (Å²) in [7, 11) is 0. The number of nitrogens with zero attached hydrogens (tertiary/aromatic N) is 1. The first-order valence-corrected chi connectivity index (χ1v) is 8.48. The van der Waals surface area contributed by atoms with Crippen molar-refractivity contribution < 1.29 is 4.79 Å². The molecule has 1 aliphatic rings. The predicted octanol–water partition coefficient (Wildman–Crippen LogP) is 3.42. The number of nitrogens with two attached hydrogens (primary N) is 1. The molecule has 0 bridgehead atoms. The second-order valence-corrected chi connectivity index (χ2v) is 6.92. The first kappa shape index (κ1) is 17.5. The summed E-state index contributed by atoms with van der Waals surface area (Å²) in [6.45, 7) is 11.8. The fourth-order valence-electron chi connectivity index (χ4n) is 3.50. The van der Waals surface area contributed by atoms with E-state index in [2.05, 4.69) is 39.5 Å². The second-order valence-electron chi connectivity index (χ2n) is 6.92. The highest BCUT2D eigenvalue weighted by Crippen LogP contribution is 2.31. The van der Waals surface area contributed by atoms with Crippen LogP contribution in [0, 0.1) is 17.8 Å². The molecule has 0 saturated heterocycles. The van der Waals surface area contributed by atoms with Crippen LogP contribution >= 0.6 is 0 Å². The predicted molar refractivity (Wildman–Crippen MR) is 85.4 cm³/mol. The normalized spacial score (nSPS) is 27.1. The number of rotatable bonds is 6. The van der Waals surface area contributed by atoms with Crippen LogP contribution < -0.4 is 5.73 Å². The van der Waals surface area contributed by atoms with E-state index in [1.807, 2.05) is 0 Å². The van der Waals surface area contributed by atoms with Crippen molar-refractivity contribution in [2.45, 2.75) is 78.8 Å². The Morgan fingerprint density at radius 1 is 1.25 bits per heavy atom. The van der Waals surface area contributed by atoms with Crippen LogP contribution in [0.15, 0.2) is 0 Å². The van der Waals surface area contributed by atoms with Gasteiger partial charge in [-0.3, -0.25) is 4.79 Å². The van der Waals surface area contributed by atoms with Gasteiger partial charge in [-0.2, -0.15) is 0 Å². The van der Waals surface area contributed by atoms with Gasteiger partial charge in [0.15, 0.2) is 0 Å². The van der Waals surface area contributed by atoms with Gasteiger partial charge in [0.1, 0.15) is 0 Å². The highest BCUT2D eigenvalue weighted by atomic mass is 16.2. The molecule has 0 radical (unpaired) electrons. The van der Waals surface area contributed by atoms with E-state index in [0.717, 1.165) is 38.6 Å². The number of hydrogen-bond acceptors (Lipinski definition) is 2. The zero-order valence-corrected chi connectivity index (χ0v) is 14.1. The monoisotopic (exact) mass is 282 g/mol. The maximum atomic E-state index is 13.0.